The van der Waals surface area contributed by atoms with Crippen molar-refractivity contribution >= 4 is 11.5 Å². The topological polar surface area (TPSA) is 123 Å². The Morgan fingerprint density at radius 1 is 0.884 bits per heavy atom. The van der Waals surface area contributed by atoms with Gasteiger partial charge in [-0.15, -0.1) is 0 Å². The normalized spacial score (nSPS) is 14.0. The van der Waals surface area contributed by atoms with E-state index in [2.05, 4.69) is 11.0 Å². The molecule has 3 aromatic carbocycles. The maximum absolute atomic E-state index is 8.99. The lowest BCUT2D eigenvalue weighted by molar-refractivity contribution is 0.205. The third-order valence-corrected chi connectivity index (χ3v) is 7.22. The van der Waals surface area contributed by atoms with Crippen LogP contribution in [0.3, 0.4) is 0 Å². The maximum atomic E-state index is 8.99. The molecule has 1 aliphatic rings. The zero-order chi connectivity index (χ0) is 31.2. The van der Waals surface area contributed by atoms with Gasteiger partial charge in [0, 0.05) is 49.4 Å². The van der Waals surface area contributed by atoms with Gasteiger partial charge >= 0.3 is 0 Å². The molecular formula is C34H46N4O5. The molecule has 232 valence electrons. The van der Waals surface area contributed by atoms with E-state index >= 15 is 0 Å². The van der Waals surface area contributed by atoms with Gasteiger partial charge in [0.15, 0.2) is 11.5 Å². The minimum atomic E-state index is 0.0947. The van der Waals surface area contributed by atoms with Gasteiger partial charge in [0.25, 0.3) is 0 Å². The van der Waals surface area contributed by atoms with Gasteiger partial charge < -0.3 is 29.8 Å². The van der Waals surface area contributed by atoms with Gasteiger partial charge in [-0.25, -0.2) is 0 Å². The van der Waals surface area contributed by atoms with E-state index in [1.54, 1.807) is 21.3 Å². The van der Waals surface area contributed by atoms with Gasteiger partial charge in [0.2, 0.25) is 0 Å². The molecule has 1 fully saturated rings. The Morgan fingerprint density at radius 2 is 1.56 bits per heavy atom. The highest BCUT2D eigenvalue weighted by molar-refractivity contribution is 6.17. The number of piperidine rings is 1. The first kappa shape index (κ1) is 33.4. The Bertz CT molecular complexity index is 1340. The summed E-state index contributed by atoms with van der Waals surface area (Å²) in [5.41, 5.74) is 10.3. The highest BCUT2D eigenvalue weighted by Gasteiger charge is 2.21. The monoisotopic (exact) mass is 590 g/mol. The second kappa shape index (κ2) is 17.1. The van der Waals surface area contributed by atoms with Crippen molar-refractivity contribution in [3.05, 3.63) is 82.9 Å². The average Bonchev–Trinajstić information content (AvgIpc) is 3.06. The summed E-state index contributed by atoms with van der Waals surface area (Å²) < 4.78 is 22.0. The van der Waals surface area contributed by atoms with Gasteiger partial charge in [-0.1, -0.05) is 19.9 Å². The molecular weight excluding hydrogens is 544 g/mol. The summed E-state index contributed by atoms with van der Waals surface area (Å²) in [7, 11) is 4.87. The summed E-state index contributed by atoms with van der Waals surface area (Å²) >= 11 is 0. The van der Waals surface area contributed by atoms with E-state index < -0.39 is 0 Å². The number of aliphatic imine (C=N–C) groups is 1. The van der Waals surface area contributed by atoms with E-state index in [0.717, 1.165) is 49.4 Å². The fraction of sp³-hybridized carbons (Fsp3) is 0.412. The number of rotatable bonds is 13. The summed E-state index contributed by atoms with van der Waals surface area (Å²) in [6, 6.07) is 19.1. The van der Waals surface area contributed by atoms with Crippen LogP contribution in [0.25, 0.3) is 0 Å². The highest BCUT2D eigenvalue weighted by Crippen LogP contribution is 2.29. The van der Waals surface area contributed by atoms with Crippen molar-refractivity contribution in [3.8, 4) is 23.0 Å². The first-order valence-corrected chi connectivity index (χ1v) is 14.8. The number of aliphatic hydroxyl groups is 1. The second-order valence-corrected chi connectivity index (χ2v) is 9.95. The van der Waals surface area contributed by atoms with E-state index in [0.29, 0.717) is 53.0 Å². The molecule has 0 saturated carbocycles. The van der Waals surface area contributed by atoms with Crippen LogP contribution in [0.15, 0.2) is 65.7 Å². The molecule has 0 bridgehead atoms. The molecule has 4 rings (SSSR count). The lowest BCUT2D eigenvalue weighted by Gasteiger charge is -2.30. The van der Waals surface area contributed by atoms with Crippen LogP contribution < -0.4 is 24.7 Å². The Balaban J connectivity index is 0.00000248. The maximum Gasteiger partial charge on any atom is 0.161 e. The quantitative estimate of drug-likeness (QED) is 0.141. The molecule has 0 aliphatic carbocycles. The molecule has 0 spiro atoms. The number of methoxy groups -OCH3 is 3. The van der Waals surface area contributed by atoms with Gasteiger partial charge in [-0.2, -0.15) is 0 Å². The highest BCUT2D eigenvalue weighted by atomic mass is 16.5. The van der Waals surface area contributed by atoms with Crippen LogP contribution in [0, 0.1) is 5.41 Å². The summed E-state index contributed by atoms with van der Waals surface area (Å²) in [6.45, 7) is 7.14. The van der Waals surface area contributed by atoms with E-state index in [9.17, 15) is 0 Å². The minimum absolute atomic E-state index is 0.0947. The molecule has 0 radical (unpaired) electrons. The average molecular weight is 591 g/mol. The third kappa shape index (κ3) is 9.20. The van der Waals surface area contributed by atoms with Crippen molar-refractivity contribution in [2.75, 3.05) is 47.6 Å². The van der Waals surface area contributed by atoms with Crippen LogP contribution in [-0.4, -0.2) is 75.2 Å². The number of benzene rings is 3. The van der Waals surface area contributed by atoms with Crippen LogP contribution in [0.1, 0.15) is 55.4 Å². The van der Waals surface area contributed by atoms with Crippen molar-refractivity contribution in [2.24, 2.45) is 10.7 Å². The summed E-state index contributed by atoms with van der Waals surface area (Å²) in [4.78, 5) is 7.31. The van der Waals surface area contributed by atoms with Crippen LogP contribution in [-0.2, 0) is 6.54 Å². The fourth-order valence-electron chi connectivity index (χ4n) is 4.90. The SMILES string of the molecule is CC.COc1ccc(C(=N)c2ccc(OC)cc2C(N)=NC2CCN(Cc3ccc(OCCCO)c(OC)c3)CC2)cc1. The number of hydrogen-bond donors (Lipinski definition) is 3. The van der Waals surface area contributed by atoms with Crippen molar-refractivity contribution in [2.45, 2.75) is 45.7 Å². The van der Waals surface area contributed by atoms with E-state index in [1.165, 1.54) is 0 Å². The summed E-state index contributed by atoms with van der Waals surface area (Å²) in [5, 5.41) is 17.9. The zero-order valence-electron chi connectivity index (χ0n) is 26.1. The van der Waals surface area contributed by atoms with Crippen LogP contribution in [0.4, 0.5) is 0 Å². The number of likely N-dealkylation sites (tertiary alicyclic amines) is 1. The largest absolute Gasteiger partial charge is 0.497 e. The number of nitrogens with zero attached hydrogens (tertiary/aromatic N) is 2. The van der Waals surface area contributed by atoms with Gasteiger partial charge in [-0.05, 0) is 73.0 Å². The molecule has 3 aromatic rings. The van der Waals surface area contributed by atoms with Crippen molar-refractivity contribution < 1.29 is 24.1 Å². The number of hydrogen-bond acceptors (Lipinski definition) is 8. The molecule has 9 heteroatoms. The van der Waals surface area contributed by atoms with Gasteiger partial charge in [0.1, 0.15) is 17.3 Å². The Hall–Kier alpha value is -4.08. The lowest BCUT2D eigenvalue weighted by Crippen LogP contribution is -2.35. The molecule has 4 N–H and O–H groups in total. The molecule has 1 heterocycles. The van der Waals surface area contributed by atoms with Crippen molar-refractivity contribution in [1.29, 1.82) is 5.41 Å². The van der Waals surface area contributed by atoms with E-state index in [4.69, 9.17) is 40.2 Å². The Labute approximate surface area is 255 Å². The van der Waals surface area contributed by atoms with E-state index in [1.807, 2.05) is 68.4 Å². The first-order valence-electron chi connectivity index (χ1n) is 14.8. The third-order valence-electron chi connectivity index (χ3n) is 7.22. The van der Waals surface area contributed by atoms with Gasteiger partial charge in [0.05, 0.1) is 39.7 Å². The predicted octanol–water partition coefficient (Wildman–Crippen LogP) is 5.29. The Kier molecular flexibility index (Phi) is 13.3. The van der Waals surface area contributed by atoms with Crippen LogP contribution in [0.2, 0.25) is 0 Å². The molecule has 0 amide bonds. The summed E-state index contributed by atoms with van der Waals surface area (Å²) in [6.07, 6.45) is 2.35. The molecule has 0 unspecified atom stereocenters. The van der Waals surface area contributed by atoms with Crippen molar-refractivity contribution in [3.63, 3.8) is 0 Å². The standard InChI is InChI=1S/C32H40N4O5.C2H6/c1-38-25-8-6-23(7-9-25)31(33)27-11-10-26(39-2)20-28(27)32(34)35-24-13-15-36(16-14-24)21-22-5-12-29(30(19-22)40-3)41-18-4-17-37;1-2/h5-12,19-20,24,33,37H,4,13-18,21H2,1-3H3,(H2,34,35);1-2H3. The first-order chi connectivity index (χ1) is 20.9. The summed E-state index contributed by atoms with van der Waals surface area (Å²) in [5.74, 6) is 3.20. The molecule has 43 heavy (non-hydrogen) atoms. The zero-order valence-corrected chi connectivity index (χ0v) is 26.1. The van der Waals surface area contributed by atoms with E-state index in [-0.39, 0.29) is 12.6 Å². The molecule has 1 aliphatic heterocycles. The smallest absolute Gasteiger partial charge is 0.161 e. The number of aliphatic hydroxyl groups excluding tert-OH is 1. The molecule has 1 saturated heterocycles. The van der Waals surface area contributed by atoms with Gasteiger partial charge in [-0.3, -0.25) is 15.3 Å². The molecule has 0 aromatic heterocycles. The minimum Gasteiger partial charge on any atom is -0.497 e. The fourth-order valence-corrected chi connectivity index (χ4v) is 4.90. The van der Waals surface area contributed by atoms with Crippen LogP contribution in [0.5, 0.6) is 23.0 Å². The molecule has 0 atom stereocenters. The van der Waals surface area contributed by atoms with Crippen LogP contribution >= 0.6 is 0 Å². The number of ether oxygens (including phenoxy) is 4. The number of nitrogens with one attached hydrogen (secondary N) is 1. The van der Waals surface area contributed by atoms with Crippen molar-refractivity contribution in [1.82, 2.24) is 4.90 Å². The number of nitrogens with two attached hydrogens (primary N) is 1. The lowest BCUT2D eigenvalue weighted by atomic mass is 9.96. The molecule has 9 nitrogen and oxygen atoms in total. The second-order valence-electron chi connectivity index (χ2n) is 9.95. The number of amidine groups is 1. The Morgan fingerprint density at radius 3 is 2.19 bits per heavy atom. The predicted molar refractivity (Wildman–Crippen MR) is 172 cm³/mol.